The van der Waals surface area contributed by atoms with Gasteiger partial charge < -0.3 is 9.47 Å². The van der Waals surface area contributed by atoms with E-state index in [4.69, 9.17) is 0 Å². The van der Waals surface area contributed by atoms with Gasteiger partial charge in [0.2, 0.25) is 0 Å². The number of hydrogen-bond donors (Lipinski definition) is 0. The molecule has 3 heteroatoms. The van der Waals surface area contributed by atoms with Crippen molar-refractivity contribution in [2.75, 3.05) is 11.4 Å². The summed E-state index contributed by atoms with van der Waals surface area (Å²) < 4.78 is 2.39. The Bertz CT molecular complexity index is 1330. The number of hydrogen-bond acceptors (Lipinski definition) is 2. The molecule has 0 radical (unpaired) electrons. The molecule has 1 aliphatic heterocycles. The van der Waals surface area contributed by atoms with Gasteiger partial charge in [0.05, 0.1) is 22.4 Å². The molecule has 1 aromatic heterocycles. The van der Waals surface area contributed by atoms with E-state index in [1.165, 1.54) is 48.7 Å². The van der Waals surface area contributed by atoms with Gasteiger partial charge in [-0.1, -0.05) is 60.3 Å². The Morgan fingerprint density at radius 1 is 0.655 bits per heavy atom. The second-order valence-corrected chi connectivity index (χ2v) is 8.42. The van der Waals surface area contributed by atoms with Crippen LogP contribution >= 0.6 is 11.8 Å². The van der Waals surface area contributed by atoms with Crippen molar-refractivity contribution in [3.05, 3.63) is 91.0 Å². The molecule has 0 bridgehead atoms. The summed E-state index contributed by atoms with van der Waals surface area (Å²) in [4.78, 5) is 5.04. The molecule has 0 N–H and O–H groups in total. The van der Waals surface area contributed by atoms with Gasteiger partial charge in [0, 0.05) is 32.8 Å². The summed E-state index contributed by atoms with van der Waals surface area (Å²) in [5.41, 5.74) is 6.31. The van der Waals surface area contributed by atoms with Crippen molar-refractivity contribution < 1.29 is 0 Å². The highest BCUT2D eigenvalue weighted by atomic mass is 32.2. The van der Waals surface area contributed by atoms with E-state index >= 15 is 0 Å². The van der Waals surface area contributed by atoms with Crippen LogP contribution in [0.4, 0.5) is 11.4 Å². The molecule has 2 nitrogen and oxygen atoms in total. The number of fused-ring (bicyclic) bond motifs is 5. The maximum Gasteiger partial charge on any atom is 0.0554 e. The van der Waals surface area contributed by atoms with E-state index in [1.807, 2.05) is 11.8 Å². The summed E-state index contributed by atoms with van der Waals surface area (Å²) in [6.45, 7) is 3.18. The highest BCUT2D eigenvalue weighted by molar-refractivity contribution is 7.99. The van der Waals surface area contributed by atoms with Crippen LogP contribution < -0.4 is 4.90 Å². The maximum absolute atomic E-state index is 2.41. The van der Waals surface area contributed by atoms with E-state index in [2.05, 4.69) is 107 Å². The SMILES string of the molecule is CCN1c2ccccc2Sc2cc(-n3c4ccccc4c4ccccc43)ccc21. The first-order valence-electron chi connectivity index (χ1n) is 10.0. The van der Waals surface area contributed by atoms with Crippen molar-refractivity contribution in [3.63, 3.8) is 0 Å². The third kappa shape index (κ3) is 2.44. The van der Waals surface area contributed by atoms with Crippen LogP contribution in [0.5, 0.6) is 0 Å². The molecule has 29 heavy (non-hydrogen) atoms. The molecule has 4 aromatic carbocycles. The lowest BCUT2D eigenvalue weighted by molar-refractivity contribution is 0.976. The topological polar surface area (TPSA) is 8.17 Å². The maximum atomic E-state index is 2.41. The zero-order valence-electron chi connectivity index (χ0n) is 16.2. The minimum atomic E-state index is 0.958. The smallest absolute Gasteiger partial charge is 0.0554 e. The molecule has 0 saturated carbocycles. The van der Waals surface area contributed by atoms with Gasteiger partial charge >= 0.3 is 0 Å². The standard InChI is InChI=1S/C26H20N2S/c1-2-27-23-13-7-8-14-25(23)29-26-17-18(15-16-24(26)27)28-21-11-5-3-9-19(21)20-10-4-6-12-22(20)28/h3-17H,2H2,1H3. The van der Waals surface area contributed by atoms with Crippen LogP contribution in [-0.4, -0.2) is 11.1 Å². The van der Waals surface area contributed by atoms with Crippen LogP contribution in [-0.2, 0) is 0 Å². The monoisotopic (exact) mass is 392 g/mol. The Labute approximate surface area is 174 Å². The fraction of sp³-hybridized carbons (Fsp3) is 0.0769. The van der Waals surface area contributed by atoms with Crippen LogP contribution in [0, 0.1) is 0 Å². The van der Waals surface area contributed by atoms with Crippen LogP contribution in [0.1, 0.15) is 6.92 Å². The lowest BCUT2D eigenvalue weighted by atomic mass is 10.2. The van der Waals surface area contributed by atoms with Gasteiger partial charge in [-0.3, -0.25) is 0 Å². The van der Waals surface area contributed by atoms with Gasteiger partial charge in [-0.15, -0.1) is 0 Å². The molecular formula is C26H20N2S. The van der Waals surface area contributed by atoms with E-state index in [9.17, 15) is 0 Å². The van der Waals surface area contributed by atoms with E-state index in [0.717, 1.165) is 6.54 Å². The van der Waals surface area contributed by atoms with Gasteiger partial charge in [-0.05, 0) is 49.4 Å². The first-order chi connectivity index (χ1) is 14.3. The minimum absolute atomic E-state index is 0.958. The zero-order valence-corrected chi connectivity index (χ0v) is 17.0. The second-order valence-electron chi connectivity index (χ2n) is 7.34. The number of para-hydroxylation sites is 3. The molecule has 0 saturated heterocycles. The van der Waals surface area contributed by atoms with E-state index in [0.29, 0.717) is 0 Å². The summed E-state index contributed by atoms with van der Waals surface area (Å²) in [6, 6.07) is 32.9. The lowest BCUT2D eigenvalue weighted by Crippen LogP contribution is -2.20. The second kappa shape index (κ2) is 6.43. The fourth-order valence-corrected chi connectivity index (χ4v) is 5.63. The van der Waals surface area contributed by atoms with Crippen LogP contribution in [0.2, 0.25) is 0 Å². The van der Waals surface area contributed by atoms with E-state index < -0.39 is 0 Å². The molecule has 0 aliphatic carbocycles. The minimum Gasteiger partial charge on any atom is -0.340 e. The predicted molar refractivity (Wildman–Crippen MR) is 124 cm³/mol. The van der Waals surface area contributed by atoms with Gasteiger partial charge in [-0.2, -0.15) is 0 Å². The molecule has 0 unspecified atom stereocenters. The first kappa shape index (κ1) is 16.8. The van der Waals surface area contributed by atoms with Gasteiger partial charge in [0.15, 0.2) is 0 Å². The molecule has 0 spiro atoms. The van der Waals surface area contributed by atoms with Crippen LogP contribution in [0.25, 0.3) is 27.5 Å². The van der Waals surface area contributed by atoms with Crippen molar-refractivity contribution >= 4 is 44.9 Å². The molecule has 1 aliphatic rings. The Balaban J connectivity index is 1.59. The summed E-state index contributed by atoms with van der Waals surface area (Å²) in [5.74, 6) is 0. The number of aromatic nitrogens is 1. The molecule has 2 heterocycles. The predicted octanol–water partition coefficient (Wildman–Crippen LogP) is 7.41. The van der Waals surface area contributed by atoms with Gasteiger partial charge in [-0.25, -0.2) is 0 Å². The Hall–Kier alpha value is -3.17. The molecule has 0 fully saturated rings. The number of benzene rings is 4. The van der Waals surface area contributed by atoms with Crippen LogP contribution in [0.15, 0.2) is 101 Å². The molecule has 140 valence electrons. The van der Waals surface area contributed by atoms with Crippen molar-refractivity contribution in [1.82, 2.24) is 4.57 Å². The highest BCUT2D eigenvalue weighted by Gasteiger charge is 2.23. The first-order valence-corrected chi connectivity index (χ1v) is 10.8. The Kier molecular flexibility index (Phi) is 3.71. The van der Waals surface area contributed by atoms with Gasteiger partial charge in [0.25, 0.3) is 0 Å². The Morgan fingerprint density at radius 2 is 1.28 bits per heavy atom. The normalized spacial score (nSPS) is 12.9. The third-order valence-electron chi connectivity index (χ3n) is 5.76. The molecule has 0 amide bonds. The summed E-state index contributed by atoms with van der Waals surface area (Å²) in [7, 11) is 0. The average Bonchev–Trinajstić information content (AvgIpc) is 3.11. The summed E-state index contributed by atoms with van der Waals surface area (Å²) in [6.07, 6.45) is 0. The molecule has 6 rings (SSSR count). The van der Waals surface area contributed by atoms with E-state index in [-0.39, 0.29) is 0 Å². The number of rotatable bonds is 2. The summed E-state index contributed by atoms with van der Waals surface area (Å²) in [5, 5.41) is 2.60. The largest absolute Gasteiger partial charge is 0.340 e. The quantitative estimate of drug-likeness (QED) is 0.309. The zero-order chi connectivity index (χ0) is 19.4. The fourth-order valence-electron chi connectivity index (χ4n) is 4.50. The molecular weight excluding hydrogens is 372 g/mol. The van der Waals surface area contributed by atoms with Crippen molar-refractivity contribution in [3.8, 4) is 5.69 Å². The van der Waals surface area contributed by atoms with Crippen molar-refractivity contribution in [1.29, 1.82) is 0 Å². The number of nitrogens with zero attached hydrogens (tertiary/aromatic N) is 2. The molecule has 0 atom stereocenters. The highest BCUT2D eigenvalue weighted by Crippen LogP contribution is 2.48. The van der Waals surface area contributed by atoms with Crippen molar-refractivity contribution in [2.45, 2.75) is 16.7 Å². The summed E-state index contributed by atoms with van der Waals surface area (Å²) >= 11 is 1.87. The molecule has 5 aromatic rings. The Morgan fingerprint density at radius 3 is 2.00 bits per heavy atom. The van der Waals surface area contributed by atoms with E-state index in [1.54, 1.807) is 0 Å². The lowest BCUT2D eigenvalue weighted by Gasteiger charge is -2.32. The van der Waals surface area contributed by atoms with Gasteiger partial charge in [0.1, 0.15) is 0 Å². The van der Waals surface area contributed by atoms with Crippen molar-refractivity contribution in [2.24, 2.45) is 0 Å². The number of anilines is 2. The van der Waals surface area contributed by atoms with Crippen LogP contribution in [0.3, 0.4) is 0 Å². The average molecular weight is 393 g/mol. The third-order valence-corrected chi connectivity index (χ3v) is 6.88.